The van der Waals surface area contributed by atoms with Gasteiger partial charge in [0.15, 0.2) is 10.8 Å². The van der Waals surface area contributed by atoms with Gasteiger partial charge >= 0.3 is 29.6 Å². The predicted octanol–water partition coefficient (Wildman–Crippen LogP) is -3.77. The van der Waals surface area contributed by atoms with Crippen LogP contribution in [0, 0.1) is 0 Å². The number of rotatable bonds is 7. The first-order chi connectivity index (χ1) is 13.9. The maximum atomic E-state index is 12.6. The molecule has 0 spiro atoms. The average Bonchev–Trinajstić information content (AvgIpc) is 3.13. The van der Waals surface area contributed by atoms with Crippen molar-refractivity contribution in [3.8, 4) is 0 Å². The molecule has 1 aromatic rings. The number of fused-ring (bicyclic) bond motifs is 1. The van der Waals surface area contributed by atoms with Gasteiger partial charge in [0.25, 0.3) is 11.8 Å². The SMILES string of the molecule is C=C/C=C/C1=C(C(=O)[O-])N2C(=O)[C@@H](NC(=O)/C(=N\OC)c3csc(N)n3)[C@H]2SC1.[Na+]. The van der Waals surface area contributed by atoms with E-state index < -0.39 is 29.2 Å². The number of nitrogen functional groups attached to an aromatic ring is 1. The van der Waals surface area contributed by atoms with Crippen LogP contribution in [0.1, 0.15) is 5.69 Å². The molecule has 0 aromatic carbocycles. The van der Waals surface area contributed by atoms with Crippen LogP contribution in [0.15, 0.2) is 46.6 Å². The number of oxime groups is 1. The maximum absolute atomic E-state index is 12.6. The number of carbonyl (C=O) groups excluding carboxylic acids is 3. The Morgan fingerprint density at radius 3 is 2.83 bits per heavy atom. The number of thioether (sulfide) groups is 1. The number of nitrogens with one attached hydrogen (secondary N) is 1. The Morgan fingerprint density at radius 2 is 2.27 bits per heavy atom. The van der Waals surface area contributed by atoms with Gasteiger partial charge in [0.2, 0.25) is 0 Å². The van der Waals surface area contributed by atoms with Crippen molar-refractivity contribution in [3.63, 3.8) is 0 Å². The normalized spacial score (nSPS) is 20.9. The molecule has 0 unspecified atom stereocenters. The summed E-state index contributed by atoms with van der Waals surface area (Å²) in [6.45, 7) is 3.54. The number of aliphatic carboxylic acids is 1. The third-order valence-electron chi connectivity index (χ3n) is 4.07. The van der Waals surface area contributed by atoms with Gasteiger partial charge < -0.3 is 25.8 Å². The first-order valence-electron chi connectivity index (χ1n) is 8.20. The Morgan fingerprint density at radius 1 is 1.53 bits per heavy atom. The van der Waals surface area contributed by atoms with E-state index in [0.717, 1.165) is 16.2 Å². The van der Waals surface area contributed by atoms with E-state index in [1.807, 2.05) is 0 Å². The summed E-state index contributed by atoms with van der Waals surface area (Å²) in [5.74, 6) is -2.38. The zero-order valence-corrected chi connectivity index (χ0v) is 19.8. The van der Waals surface area contributed by atoms with Crippen LogP contribution in [0.4, 0.5) is 5.13 Å². The molecule has 152 valence electrons. The van der Waals surface area contributed by atoms with Crippen molar-refractivity contribution in [1.29, 1.82) is 0 Å². The smallest absolute Gasteiger partial charge is 0.543 e. The fraction of sp³-hybridized carbons (Fsp3) is 0.235. The predicted molar refractivity (Wildman–Crippen MR) is 106 cm³/mol. The minimum atomic E-state index is -1.46. The zero-order chi connectivity index (χ0) is 21.1. The van der Waals surface area contributed by atoms with Crippen LogP contribution in [-0.2, 0) is 19.2 Å². The number of hydrogen-bond donors (Lipinski definition) is 2. The number of carboxylic acids is 1. The molecule has 2 atom stereocenters. The summed E-state index contributed by atoms with van der Waals surface area (Å²) in [6, 6.07) is -0.926. The minimum absolute atomic E-state index is 0. The number of aromatic nitrogens is 1. The molecule has 2 aliphatic rings. The number of anilines is 1. The molecule has 1 fully saturated rings. The number of allylic oxidation sites excluding steroid dienone is 3. The molecule has 30 heavy (non-hydrogen) atoms. The molecule has 0 radical (unpaired) electrons. The van der Waals surface area contributed by atoms with Crippen molar-refractivity contribution in [3.05, 3.63) is 47.2 Å². The monoisotopic (exact) mass is 457 g/mol. The van der Waals surface area contributed by atoms with Gasteiger partial charge in [-0.1, -0.05) is 30.0 Å². The Labute approximate surface area is 202 Å². The van der Waals surface area contributed by atoms with E-state index in [9.17, 15) is 19.5 Å². The summed E-state index contributed by atoms with van der Waals surface area (Å²) < 4.78 is 0. The van der Waals surface area contributed by atoms with Crippen LogP contribution < -0.4 is 45.7 Å². The van der Waals surface area contributed by atoms with E-state index in [2.05, 4.69) is 22.0 Å². The molecule has 2 amide bonds. The third kappa shape index (κ3) is 4.62. The van der Waals surface area contributed by atoms with Gasteiger partial charge in [-0.3, -0.25) is 14.5 Å². The molecular weight excluding hydrogens is 441 g/mol. The zero-order valence-electron chi connectivity index (χ0n) is 16.2. The van der Waals surface area contributed by atoms with Gasteiger partial charge in [0, 0.05) is 11.1 Å². The molecule has 13 heteroatoms. The summed E-state index contributed by atoms with van der Waals surface area (Å²) in [7, 11) is 1.27. The second-order valence-corrected chi connectivity index (χ2v) is 7.81. The molecule has 2 aliphatic heterocycles. The topological polar surface area (TPSA) is 150 Å². The Hall–Kier alpha value is -2.12. The minimum Gasteiger partial charge on any atom is -0.543 e. The summed E-state index contributed by atoms with van der Waals surface area (Å²) in [4.78, 5) is 46.7. The van der Waals surface area contributed by atoms with Crippen molar-refractivity contribution in [2.75, 3.05) is 18.6 Å². The van der Waals surface area contributed by atoms with E-state index >= 15 is 0 Å². The number of amides is 2. The van der Waals surface area contributed by atoms with Gasteiger partial charge in [-0.15, -0.1) is 23.1 Å². The van der Waals surface area contributed by atoms with Crippen LogP contribution in [-0.4, -0.2) is 57.7 Å². The second-order valence-electron chi connectivity index (χ2n) is 5.81. The van der Waals surface area contributed by atoms with Crippen molar-refractivity contribution in [2.24, 2.45) is 5.16 Å². The van der Waals surface area contributed by atoms with E-state index in [4.69, 9.17) is 10.6 Å². The fourth-order valence-corrected chi connectivity index (χ4v) is 4.71. The standard InChI is InChI=1S/C17H17N5O5S2.Na/c1-3-4-5-8-6-28-15-11(14(24)22(15)12(8)16(25)26)20-13(23)10(21-27-2)9-7-29-17(18)19-9;/h3-5,7,11,15H,1,6H2,2H3,(H2,18,19)(H,20,23)(H,25,26);/q;+1/p-1/b5-4+,21-10-;/t11-,15-;/m1./s1. The number of carbonyl (C=O) groups is 3. The van der Waals surface area contributed by atoms with Crippen molar-refractivity contribution in [2.45, 2.75) is 11.4 Å². The van der Waals surface area contributed by atoms with Crippen LogP contribution in [0.2, 0.25) is 0 Å². The molecule has 0 saturated carbocycles. The van der Waals surface area contributed by atoms with Crippen LogP contribution in [0.25, 0.3) is 0 Å². The summed E-state index contributed by atoms with van der Waals surface area (Å²) in [5.41, 5.74) is 5.88. The molecule has 0 aliphatic carbocycles. The summed E-state index contributed by atoms with van der Waals surface area (Å²) >= 11 is 2.45. The quantitative estimate of drug-likeness (QED) is 0.139. The first-order valence-corrected chi connectivity index (χ1v) is 10.1. The molecule has 0 bridgehead atoms. The number of thiazole rings is 1. The van der Waals surface area contributed by atoms with Crippen LogP contribution in [0.3, 0.4) is 0 Å². The van der Waals surface area contributed by atoms with Gasteiger partial charge in [-0.25, -0.2) is 4.98 Å². The van der Waals surface area contributed by atoms with Gasteiger partial charge in [-0.2, -0.15) is 0 Å². The molecule has 3 heterocycles. The number of nitrogens with zero attached hydrogens (tertiary/aromatic N) is 3. The Bertz CT molecular complexity index is 973. The molecule has 1 aromatic heterocycles. The summed E-state index contributed by atoms with van der Waals surface area (Å²) in [5, 5.41) is 19.0. The average molecular weight is 457 g/mol. The van der Waals surface area contributed by atoms with E-state index in [0.29, 0.717) is 11.3 Å². The number of β-lactam (4-membered cyclic amide) rings is 1. The van der Waals surface area contributed by atoms with Gasteiger partial charge in [0.05, 0.1) is 11.7 Å². The van der Waals surface area contributed by atoms with Crippen LogP contribution in [0.5, 0.6) is 0 Å². The van der Waals surface area contributed by atoms with Crippen molar-refractivity contribution in [1.82, 2.24) is 15.2 Å². The number of nitrogens with two attached hydrogens (primary N) is 1. The maximum Gasteiger partial charge on any atom is 1.00 e. The van der Waals surface area contributed by atoms with Crippen molar-refractivity contribution >= 4 is 51.7 Å². The van der Waals surface area contributed by atoms with Crippen molar-refractivity contribution < 1.29 is 53.9 Å². The van der Waals surface area contributed by atoms with Crippen LogP contribution >= 0.6 is 23.1 Å². The third-order valence-corrected chi connectivity index (χ3v) is 6.05. The molecular formula is C17H16N5NaO5S2. The molecule has 10 nitrogen and oxygen atoms in total. The van der Waals surface area contributed by atoms with E-state index in [-0.39, 0.29) is 51.8 Å². The fourth-order valence-electron chi connectivity index (χ4n) is 2.85. The molecule has 1 saturated heterocycles. The van der Waals surface area contributed by atoms with Gasteiger partial charge in [-0.05, 0) is 5.57 Å². The summed E-state index contributed by atoms with van der Waals surface area (Å²) in [6.07, 6.45) is 4.64. The number of carboxylic acid groups (broad SMARTS) is 1. The first kappa shape index (κ1) is 24.2. The molecule has 3 rings (SSSR count). The number of hydrogen-bond acceptors (Lipinski definition) is 10. The Balaban J connectivity index is 0.00000320. The molecule has 3 N–H and O–H groups in total. The van der Waals surface area contributed by atoms with E-state index in [1.54, 1.807) is 12.2 Å². The largest absolute Gasteiger partial charge is 1.00 e. The second kappa shape index (κ2) is 10.3. The van der Waals surface area contributed by atoms with Gasteiger partial charge in [0.1, 0.15) is 24.2 Å². The van der Waals surface area contributed by atoms with E-state index in [1.165, 1.54) is 30.3 Å². The Kier molecular flexibility index (Phi) is 8.26.